The van der Waals surface area contributed by atoms with Gasteiger partial charge in [-0.15, -0.1) is 0 Å². The highest BCUT2D eigenvalue weighted by Gasteiger charge is 2.15. The average molecular weight is 322 g/mol. The monoisotopic (exact) mass is 322 g/mol. The number of para-hydroxylation sites is 1. The highest BCUT2D eigenvalue weighted by Crippen LogP contribution is 2.28. The minimum atomic E-state index is -0.199. The number of aryl methyl sites for hydroxylation is 1. The molecule has 0 atom stereocenters. The SMILES string of the molecule is CCOc1cc(/C=C/C(=O)c2oc3ccccc3c2C)ccc1O. The van der Waals surface area contributed by atoms with Crippen molar-refractivity contribution in [1.29, 1.82) is 0 Å². The van der Waals surface area contributed by atoms with Crippen molar-refractivity contribution < 1.29 is 19.1 Å². The van der Waals surface area contributed by atoms with Gasteiger partial charge in [0, 0.05) is 10.9 Å². The van der Waals surface area contributed by atoms with E-state index in [2.05, 4.69) is 0 Å². The van der Waals surface area contributed by atoms with Crippen LogP contribution in [-0.2, 0) is 0 Å². The normalized spacial score (nSPS) is 11.2. The molecule has 3 rings (SSSR count). The minimum absolute atomic E-state index is 0.0773. The predicted molar refractivity (Wildman–Crippen MR) is 93.6 cm³/mol. The molecule has 0 radical (unpaired) electrons. The van der Waals surface area contributed by atoms with E-state index in [-0.39, 0.29) is 11.5 Å². The number of carbonyl (C=O) groups is 1. The zero-order chi connectivity index (χ0) is 17.1. The quantitative estimate of drug-likeness (QED) is 0.544. The van der Waals surface area contributed by atoms with Crippen molar-refractivity contribution in [2.75, 3.05) is 6.61 Å². The molecule has 0 unspecified atom stereocenters. The van der Waals surface area contributed by atoms with Crippen LogP contribution in [0.4, 0.5) is 0 Å². The zero-order valence-electron chi connectivity index (χ0n) is 13.6. The van der Waals surface area contributed by atoms with Gasteiger partial charge >= 0.3 is 0 Å². The fraction of sp³-hybridized carbons (Fsp3) is 0.150. The second kappa shape index (κ2) is 6.62. The molecule has 0 aliphatic heterocycles. The van der Waals surface area contributed by atoms with Gasteiger partial charge in [0.2, 0.25) is 5.78 Å². The molecule has 122 valence electrons. The van der Waals surface area contributed by atoms with Crippen LogP contribution in [0.2, 0.25) is 0 Å². The number of allylic oxidation sites excluding steroid dienone is 1. The van der Waals surface area contributed by atoms with E-state index in [0.717, 1.165) is 16.5 Å². The van der Waals surface area contributed by atoms with Crippen LogP contribution in [-0.4, -0.2) is 17.5 Å². The summed E-state index contributed by atoms with van der Waals surface area (Å²) in [5.41, 5.74) is 2.30. The lowest BCUT2D eigenvalue weighted by Gasteiger charge is -2.06. The highest BCUT2D eigenvalue weighted by atomic mass is 16.5. The van der Waals surface area contributed by atoms with E-state index in [1.807, 2.05) is 38.1 Å². The molecular weight excluding hydrogens is 304 g/mol. The number of carbonyl (C=O) groups excluding carboxylic acids is 1. The Balaban J connectivity index is 1.87. The third-order valence-electron chi connectivity index (χ3n) is 3.78. The maximum atomic E-state index is 12.4. The number of aromatic hydroxyl groups is 1. The number of phenolic OH excluding ortho intramolecular Hbond substituents is 1. The number of ether oxygens (including phenoxy) is 1. The van der Waals surface area contributed by atoms with Crippen molar-refractivity contribution in [3.05, 3.63) is 65.4 Å². The lowest BCUT2D eigenvalue weighted by molar-refractivity contribution is 0.102. The summed E-state index contributed by atoms with van der Waals surface area (Å²) >= 11 is 0. The number of furan rings is 1. The van der Waals surface area contributed by atoms with Gasteiger partial charge in [-0.3, -0.25) is 4.79 Å². The molecule has 4 heteroatoms. The van der Waals surface area contributed by atoms with E-state index < -0.39 is 0 Å². The molecule has 3 aromatic rings. The summed E-state index contributed by atoms with van der Waals surface area (Å²) in [5.74, 6) is 0.617. The van der Waals surface area contributed by atoms with Crippen molar-refractivity contribution in [1.82, 2.24) is 0 Å². The minimum Gasteiger partial charge on any atom is -0.504 e. The Bertz CT molecular complexity index is 919. The van der Waals surface area contributed by atoms with E-state index in [0.29, 0.717) is 23.7 Å². The van der Waals surface area contributed by atoms with Crippen LogP contribution in [0.5, 0.6) is 11.5 Å². The van der Waals surface area contributed by atoms with Crippen molar-refractivity contribution >= 4 is 22.8 Å². The van der Waals surface area contributed by atoms with Crippen LogP contribution in [0.1, 0.15) is 28.6 Å². The molecule has 0 saturated heterocycles. The number of benzene rings is 2. The summed E-state index contributed by atoms with van der Waals surface area (Å²) in [6.45, 7) is 4.17. The number of phenols is 1. The first-order valence-electron chi connectivity index (χ1n) is 7.76. The van der Waals surface area contributed by atoms with Crippen LogP contribution in [0, 0.1) is 6.92 Å². The number of rotatable bonds is 5. The lowest BCUT2D eigenvalue weighted by Crippen LogP contribution is -1.94. The van der Waals surface area contributed by atoms with Crippen molar-refractivity contribution in [2.24, 2.45) is 0 Å². The molecule has 1 N–H and O–H groups in total. The van der Waals surface area contributed by atoms with Gasteiger partial charge in [-0.25, -0.2) is 0 Å². The molecule has 0 aliphatic rings. The Kier molecular flexibility index (Phi) is 4.38. The van der Waals surface area contributed by atoms with Crippen molar-refractivity contribution in [2.45, 2.75) is 13.8 Å². The molecule has 2 aromatic carbocycles. The summed E-state index contributed by atoms with van der Waals surface area (Å²) in [4.78, 5) is 12.4. The number of hydrogen-bond donors (Lipinski definition) is 1. The van der Waals surface area contributed by atoms with Crippen LogP contribution in [0.25, 0.3) is 17.0 Å². The average Bonchev–Trinajstić information content (AvgIpc) is 2.93. The maximum absolute atomic E-state index is 12.4. The van der Waals surface area contributed by atoms with E-state index in [1.165, 1.54) is 6.08 Å². The summed E-state index contributed by atoms with van der Waals surface area (Å²) in [7, 11) is 0. The van der Waals surface area contributed by atoms with Gasteiger partial charge < -0.3 is 14.3 Å². The predicted octanol–water partition coefficient (Wildman–Crippen LogP) is 4.74. The molecule has 0 bridgehead atoms. The Hall–Kier alpha value is -3.01. The summed E-state index contributed by atoms with van der Waals surface area (Å²) in [5, 5.41) is 10.6. The van der Waals surface area contributed by atoms with Gasteiger partial charge in [0.05, 0.1) is 6.61 Å². The summed E-state index contributed by atoms with van der Waals surface area (Å²) in [6, 6.07) is 12.5. The number of ketones is 1. The first-order valence-corrected chi connectivity index (χ1v) is 7.76. The third kappa shape index (κ3) is 3.04. The topological polar surface area (TPSA) is 59.7 Å². The molecule has 0 saturated carbocycles. The van der Waals surface area contributed by atoms with Crippen LogP contribution in [0.15, 0.2) is 53.0 Å². The molecule has 0 fully saturated rings. The Morgan fingerprint density at radius 2 is 2.04 bits per heavy atom. The second-order valence-electron chi connectivity index (χ2n) is 5.41. The maximum Gasteiger partial charge on any atom is 0.221 e. The fourth-order valence-corrected chi connectivity index (χ4v) is 2.56. The largest absolute Gasteiger partial charge is 0.504 e. The summed E-state index contributed by atoms with van der Waals surface area (Å²) < 4.78 is 11.0. The molecular formula is C20H18O4. The van der Waals surface area contributed by atoms with Crippen molar-refractivity contribution in [3.8, 4) is 11.5 Å². The van der Waals surface area contributed by atoms with E-state index in [1.54, 1.807) is 24.3 Å². The zero-order valence-corrected chi connectivity index (χ0v) is 13.6. The third-order valence-corrected chi connectivity index (χ3v) is 3.78. The van der Waals surface area contributed by atoms with Gasteiger partial charge in [0.1, 0.15) is 5.58 Å². The summed E-state index contributed by atoms with van der Waals surface area (Å²) in [6.07, 6.45) is 3.14. The fourth-order valence-electron chi connectivity index (χ4n) is 2.56. The molecule has 0 amide bonds. The van der Waals surface area contributed by atoms with Gasteiger partial charge in [-0.2, -0.15) is 0 Å². The molecule has 4 nitrogen and oxygen atoms in total. The Morgan fingerprint density at radius 1 is 1.25 bits per heavy atom. The molecule has 0 aliphatic carbocycles. The number of fused-ring (bicyclic) bond motifs is 1. The second-order valence-corrected chi connectivity index (χ2v) is 5.41. The standard InChI is InChI=1S/C20H18O4/c1-3-23-19-12-14(8-10-16(19)21)9-11-17(22)20-13(2)15-6-4-5-7-18(15)24-20/h4-12,21H,3H2,1-2H3/b11-9+. The van der Waals surface area contributed by atoms with Gasteiger partial charge in [0.15, 0.2) is 17.3 Å². The first kappa shape index (κ1) is 15.9. The van der Waals surface area contributed by atoms with E-state index in [9.17, 15) is 9.90 Å². The van der Waals surface area contributed by atoms with Gasteiger partial charge in [-0.1, -0.05) is 30.3 Å². The van der Waals surface area contributed by atoms with Crippen LogP contribution < -0.4 is 4.74 Å². The molecule has 24 heavy (non-hydrogen) atoms. The molecule has 1 aromatic heterocycles. The first-order chi connectivity index (χ1) is 11.6. The number of hydrogen-bond acceptors (Lipinski definition) is 4. The van der Waals surface area contributed by atoms with Crippen LogP contribution in [0.3, 0.4) is 0 Å². The van der Waals surface area contributed by atoms with Gasteiger partial charge in [0.25, 0.3) is 0 Å². The Morgan fingerprint density at radius 3 is 2.79 bits per heavy atom. The van der Waals surface area contributed by atoms with E-state index in [4.69, 9.17) is 9.15 Å². The lowest BCUT2D eigenvalue weighted by atomic mass is 10.1. The van der Waals surface area contributed by atoms with Crippen molar-refractivity contribution in [3.63, 3.8) is 0 Å². The van der Waals surface area contributed by atoms with E-state index >= 15 is 0 Å². The molecule has 1 heterocycles. The van der Waals surface area contributed by atoms with Crippen LogP contribution >= 0.6 is 0 Å². The smallest absolute Gasteiger partial charge is 0.221 e. The van der Waals surface area contributed by atoms with Gasteiger partial charge in [-0.05, 0) is 43.7 Å². The highest BCUT2D eigenvalue weighted by molar-refractivity contribution is 6.08. The molecule has 0 spiro atoms. The Labute approximate surface area is 140 Å².